The summed E-state index contributed by atoms with van der Waals surface area (Å²) in [5, 5.41) is 0. The highest BCUT2D eigenvalue weighted by Crippen LogP contribution is 2.38. The molecule has 0 saturated carbocycles. The Hall–Kier alpha value is -1.68. The average Bonchev–Trinajstić information content (AvgIpc) is 2.79. The maximum atomic E-state index is 13.7. The highest BCUT2D eigenvalue weighted by Gasteiger charge is 2.52. The number of halogens is 5. The fourth-order valence-corrected chi connectivity index (χ4v) is 3.42. The van der Waals surface area contributed by atoms with Gasteiger partial charge in [-0.25, -0.2) is 8.78 Å². The summed E-state index contributed by atoms with van der Waals surface area (Å²) in [6.45, 7) is 6.24. The van der Waals surface area contributed by atoms with E-state index in [1.165, 1.54) is 6.07 Å². The zero-order chi connectivity index (χ0) is 21.8. The Bertz CT molecular complexity index is 794. The lowest BCUT2D eigenvalue weighted by Crippen LogP contribution is -2.46. The molecule has 1 amide bonds. The predicted octanol–water partition coefficient (Wildman–Crippen LogP) is 3.88. The first-order valence-electron chi connectivity index (χ1n) is 9.37. The van der Waals surface area contributed by atoms with Crippen molar-refractivity contribution >= 4 is 18.5 Å². The van der Waals surface area contributed by atoms with Crippen molar-refractivity contribution in [3.8, 4) is 0 Å². The monoisotopic (exact) mass is 419 g/mol. The lowest BCUT2D eigenvalue weighted by Gasteiger charge is -2.33. The fraction of sp³-hybridized carbons (Fsp3) is 0.632. The summed E-state index contributed by atoms with van der Waals surface area (Å²) < 4.78 is 79.6. The molecule has 2 aliphatic rings. The summed E-state index contributed by atoms with van der Waals surface area (Å²) in [5.74, 6) is -4.19. The molecule has 160 valence electrons. The van der Waals surface area contributed by atoms with Gasteiger partial charge in [0.15, 0.2) is 0 Å². The van der Waals surface area contributed by atoms with E-state index in [-0.39, 0.29) is 18.4 Å². The number of amides is 1. The molecule has 2 saturated heterocycles. The number of alkyl halides is 5. The van der Waals surface area contributed by atoms with Gasteiger partial charge < -0.3 is 14.2 Å². The highest BCUT2D eigenvalue weighted by atomic mass is 19.4. The fourth-order valence-electron chi connectivity index (χ4n) is 3.42. The normalized spacial score (nSPS) is 23.3. The molecule has 1 aromatic rings. The summed E-state index contributed by atoms with van der Waals surface area (Å²) in [5.41, 5.74) is -3.07. The van der Waals surface area contributed by atoms with Crippen molar-refractivity contribution in [1.29, 1.82) is 0 Å². The van der Waals surface area contributed by atoms with Crippen LogP contribution in [0.2, 0.25) is 0 Å². The van der Waals surface area contributed by atoms with Crippen LogP contribution >= 0.6 is 0 Å². The average molecular weight is 419 g/mol. The van der Waals surface area contributed by atoms with Crippen LogP contribution in [0.25, 0.3) is 0 Å². The van der Waals surface area contributed by atoms with Crippen molar-refractivity contribution in [2.75, 3.05) is 13.1 Å². The summed E-state index contributed by atoms with van der Waals surface area (Å²) in [7, 11) is -0.975. The van der Waals surface area contributed by atoms with Gasteiger partial charge in [-0.3, -0.25) is 4.79 Å². The number of hydrogen-bond acceptors (Lipinski definition) is 3. The largest absolute Gasteiger partial charge is 0.494 e. The van der Waals surface area contributed by atoms with Crippen molar-refractivity contribution in [2.45, 2.75) is 63.8 Å². The van der Waals surface area contributed by atoms with Crippen LogP contribution in [0.1, 0.15) is 56.5 Å². The second-order valence-corrected chi connectivity index (χ2v) is 8.58. The van der Waals surface area contributed by atoms with Gasteiger partial charge in [-0.05, 0) is 51.7 Å². The van der Waals surface area contributed by atoms with Gasteiger partial charge >= 0.3 is 13.3 Å². The minimum Gasteiger partial charge on any atom is -0.399 e. The molecule has 0 spiro atoms. The maximum absolute atomic E-state index is 13.7. The van der Waals surface area contributed by atoms with E-state index in [9.17, 15) is 26.7 Å². The Morgan fingerprint density at radius 2 is 1.69 bits per heavy atom. The van der Waals surface area contributed by atoms with Crippen LogP contribution in [0, 0.1) is 0 Å². The topological polar surface area (TPSA) is 38.8 Å². The van der Waals surface area contributed by atoms with Gasteiger partial charge in [0.05, 0.1) is 28.9 Å². The molecule has 0 unspecified atom stereocenters. The van der Waals surface area contributed by atoms with Crippen molar-refractivity contribution in [3.05, 3.63) is 29.3 Å². The second-order valence-electron chi connectivity index (χ2n) is 8.58. The Labute approximate surface area is 166 Å². The number of benzene rings is 1. The van der Waals surface area contributed by atoms with Crippen LogP contribution < -0.4 is 5.46 Å². The van der Waals surface area contributed by atoms with E-state index in [2.05, 4.69) is 0 Å². The molecule has 10 heteroatoms. The molecule has 2 fully saturated rings. The molecule has 0 radical (unpaired) electrons. The zero-order valence-corrected chi connectivity index (χ0v) is 16.7. The van der Waals surface area contributed by atoms with E-state index >= 15 is 0 Å². The van der Waals surface area contributed by atoms with Crippen molar-refractivity contribution < 1.29 is 36.1 Å². The molecule has 0 bridgehead atoms. The molecule has 0 aromatic heterocycles. The number of nitrogens with zero attached hydrogens (tertiary/aromatic N) is 1. The summed E-state index contributed by atoms with van der Waals surface area (Å²) in [4.78, 5) is 13.6. The van der Waals surface area contributed by atoms with Crippen LogP contribution in [0.15, 0.2) is 18.2 Å². The van der Waals surface area contributed by atoms with Gasteiger partial charge in [0.2, 0.25) is 0 Å². The van der Waals surface area contributed by atoms with E-state index in [4.69, 9.17) is 9.31 Å². The molecular formula is C19H23BF5NO3. The van der Waals surface area contributed by atoms with E-state index in [1.54, 1.807) is 27.7 Å². The molecule has 0 N–H and O–H groups in total. The van der Waals surface area contributed by atoms with Gasteiger partial charge in [0.25, 0.3) is 11.8 Å². The molecular weight excluding hydrogens is 396 g/mol. The van der Waals surface area contributed by atoms with E-state index in [0.29, 0.717) is 0 Å². The van der Waals surface area contributed by atoms with E-state index in [0.717, 1.165) is 17.0 Å². The minimum absolute atomic E-state index is 0.0214. The Morgan fingerprint density at radius 1 is 1.10 bits per heavy atom. The number of likely N-dealkylation sites (tertiary alicyclic amines) is 1. The quantitative estimate of drug-likeness (QED) is 0.540. The first-order chi connectivity index (χ1) is 13.1. The van der Waals surface area contributed by atoms with Gasteiger partial charge in [-0.1, -0.05) is 6.07 Å². The number of carbonyl (C=O) groups is 1. The first kappa shape index (κ1) is 22.0. The van der Waals surface area contributed by atoms with Crippen LogP contribution in [-0.4, -0.2) is 48.1 Å². The smallest absolute Gasteiger partial charge is 0.399 e. The molecule has 1 aromatic carbocycles. The molecule has 29 heavy (non-hydrogen) atoms. The zero-order valence-electron chi connectivity index (χ0n) is 16.7. The van der Waals surface area contributed by atoms with Crippen molar-refractivity contribution in [3.63, 3.8) is 0 Å². The van der Waals surface area contributed by atoms with Crippen LogP contribution in [-0.2, 0) is 15.5 Å². The maximum Gasteiger partial charge on any atom is 0.494 e. The van der Waals surface area contributed by atoms with E-state index < -0.39 is 60.4 Å². The van der Waals surface area contributed by atoms with Crippen molar-refractivity contribution in [1.82, 2.24) is 4.90 Å². The Kier molecular flexibility index (Phi) is 5.27. The van der Waals surface area contributed by atoms with Crippen LogP contribution in [0.4, 0.5) is 22.0 Å². The number of rotatable bonds is 2. The van der Waals surface area contributed by atoms with E-state index in [1.807, 2.05) is 0 Å². The molecule has 4 nitrogen and oxygen atoms in total. The molecule has 3 rings (SSSR count). The summed E-state index contributed by atoms with van der Waals surface area (Å²) in [6, 6.07) is 3.00. The number of hydrogen-bond donors (Lipinski definition) is 0. The van der Waals surface area contributed by atoms with Gasteiger partial charge in [-0.2, -0.15) is 13.2 Å². The second kappa shape index (κ2) is 6.94. The Morgan fingerprint density at radius 3 is 2.21 bits per heavy atom. The number of piperidine rings is 1. The molecule has 2 aliphatic heterocycles. The SMILES string of the molecule is CC1(C)OB(c2ccc(C(F)(F)F)c(C(=O)N3CCCC(F)(F)C3)c2)OC1(C)C. The Balaban J connectivity index is 1.99. The van der Waals surface area contributed by atoms with Crippen LogP contribution in [0.3, 0.4) is 0 Å². The molecule has 0 aliphatic carbocycles. The summed E-state index contributed by atoms with van der Waals surface area (Å²) in [6.07, 6.45) is -5.17. The highest BCUT2D eigenvalue weighted by molar-refractivity contribution is 6.62. The van der Waals surface area contributed by atoms with Crippen molar-refractivity contribution in [2.24, 2.45) is 0 Å². The molecule has 0 atom stereocenters. The third-order valence-electron chi connectivity index (χ3n) is 5.78. The predicted molar refractivity (Wildman–Crippen MR) is 97.2 cm³/mol. The molecule has 2 heterocycles. The summed E-state index contributed by atoms with van der Waals surface area (Å²) >= 11 is 0. The van der Waals surface area contributed by atoms with Crippen LogP contribution in [0.5, 0.6) is 0 Å². The van der Waals surface area contributed by atoms with Gasteiger partial charge in [-0.15, -0.1) is 0 Å². The number of carbonyl (C=O) groups excluding carboxylic acids is 1. The third-order valence-corrected chi connectivity index (χ3v) is 5.78. The van der Waals surface area contributed by atoms with Gasteiger partial charge in [0.1, 0.15) is 0 Å². The third kappa shape index (κ3) is 4.28. The first-order valence-corrected chi connectivity index (χ1v) is 9.37. The lowest BCUT2D eigenvalue weighted by atomic mass is 9.77. The van der Waals surface area contributed by atoms with Gasteiger partial charge in [0, 0.05) is 13.0 Å². The lowest BCUT2D eigenvalue weighted by molar-refractivity contribution is -0.138. The standard InChI is InChI=1S/C19H23BF5NO3/c1-16(2)17(3,4)29-20(28-16)12-6-7-14(19(23,24)25)13(10-12)15(27)26-9-5-8-18(21,22)11-26/h6-7,10H,5,8-9,11H2,1-4H3. The minimum atomic E-state index is -4.81.